The second-order valence-electron chi connectivity index (χ2n) is 9.05. The van der Waals surface area contributed by atoms with Crippen molar-refractivity contribution >= 4 is 23.1 Å². The van der Waals surface area contributed by atoms with Crippen molar-refractivity contribution in [2.24, 2.45) is 0 Å². The van der Waals surface area contributed by atoms with E-state index in [1.807, 2.05) is 0 Å². The Morgan fingerprint density at radius 3 is 2.51 bits per heavy atom. The topological polar surface area (TPSA) is 58.4 Å². The Labute approximate surface area is 216 Å². The first-order valence-electron chi connectivity index (χ1n) is 12.1. The summed E-state index contributed by atoms with van der Waals surface area (Å²) in [5, 5.41) is 7.56. The quantitative estimate of drug-likeness (QED) is 0.285. The highest BCUT2D eigenvalue weighted by atomic mass is 35.5. The van der Waals surface area contributed by atoms with E-state index in [1.165, 1.54) is 54.5 Å². The number of hydrogen-bond donors (Lipinski definition) is 1. The van der Waals surface area contributed by atoms with Gasteiger partial charge in [0.1, 0.15) is 11.5 Å². The molecule has 1 aliphatic rings. The Morgan fingerprint density at radius 1 is 1.00 bits per heavy atom. The Kier molecular flexibility index (Phi) is 7.30. The molecule has 37 heavy (non-hydrogen) atoms. The van der Waals surface area contributed by atoms with Crippen LogP contribution in [0, 0.1) is 5.82 Å². The SMILES string of the molecule is Fc1ccc(-c2nn3cc(C(F)(F)F)ccc3c2-c2ccnc(NCCN3CCCCCC3)n2)cc1Cl. The van der Waals surface area contributed by atoms with Crippen molar-refractivity contribution in [2.75, 3.05) is 31.5 Å². The third-order valence-electron chi connectivity index (χ3n) is 6.47. The fraction of sp³-hybridized carbons (Fsp3) is 0.346. The van der Waals surface area contributed by atoms with Gasteiger partial charge in [-0.1, -0.05) is 24.4 Å². The molecular weight excluding hydrogens is 508 g/mol. The molecule has 6 nitrogen and oxygen atoms in total. The van der Waals surface area contributed by atoms with E-state index in [9.17, 15) is 17.6 Å². The van der Waals surface area contributed by atoms with Gasteiger partial charge in [-0.3, -0.25) is 0 Å². The molecule has 0 amide bonds. The summed E-state index contributed by atoms with van der Waals surface area (Å²) in [6, 6.07) is 8.11. The Morgan fingerprint density at radius 2 is 1.78 bits per heavy atom. The first kappa shape index (κ1) is 25.4. The van der Waals surface area contributed by atoms with E-state index in [-0.39, 0.29) is 5.02 Å². The van der Waals surface area contributed by atoms with Crippen LogP contribution in [-0.2, 0) is 6.18 Å². The highest BCUT2D eigenvalue weighted by Gasteiger charge is 2.31. The number of alkyl halides is 3. The van der Waals surface area contributed by atoms with Gasteiger partial charge in [-0.25, -0.2) is 18.9 Å². The third kappa shape index (κ3) is 5.70. The minimum absolute atomic E-state index is 0.116. The van der Waals surface area contributed by atoms with Crippen LogP contribution in [0.25, 0.3) is 28.0 Å². The number of rotatable bonds is 6. The van der Waals surface area contributed by atoms with Crippen LogP contribution in [0.2, 0.25) is 5.02 Å². The Bertz CT molecular complexity index is 1400. The number of nitrogens with one attached hydrogen (secondary N) is 1. The lowest BCUT2D eigenvalue weighted by Crippen LogP contribution is -2.30. The van der Waals surface area contributed by atoms with E-state index in [2.05, 4.69) is 25.3 Å². The number of benzene rings is 1. The van der Waals surface area contributed by atoms with Crippen LogP contribution in [0.3, 0.4) is 0 Å². The molecule has 5 rings (SSSR count). The van der Waals surface area contributed by atoms with Gasteiger partial charge in [0.2, 0.25) is 5.95 Å². The van der Waals surface area contributed by atoms with Crippen molar-refractivity contribution in [1.82, 2.24) is 24.5 Å². The van der Waals surface area contributed by atoms with Gasteiger partial charge in [0.25, 0.3) is 0 Å². The first-order valence-corrected chi connectivity index (χ1v) is 12.5. The van der Waals surface area contributed by atoms with Crippen molar-refractivity contribution < 1.29 is 17.6 Å². The fourth-order valence-corrected chi connectivity index (χ4v) is 4.76. The molecule has 4 heterocycles. The van der Waals surface area contributed by atoms with Gasteiger partial charge in [-0.05, 0) is 62.3 Å². The molecule has 0 aliphatic carbocycles. The maximum atomic E-state index is 13.8. The van der Waals surface area contributed by atoms with Gasteiger partial charge < -0.3 is 10.2 Å². The van der Waals surface area contributed by atoms with Crippen LogP contribution in [0.4, 0.5) is 23.5 Å². The van der Waals surface area contributed by atoms with E-state index in [0.717, 1.165) is 31.9 Å². The summed E-state index contributed by atoms with van der Waals surface area (Å²) in [6.07, 6.45) is 2.92. The summed E-state index contributed by atoms with van der Waals surface area (Å²) in [7, 11) is 0. The molecule has 0 saturated carbocycles. The average molecular weight is 533 g/mol. The summed E-state index contributed by atoms with van der Waals surface area (Å²) in [4.78, 5) is 11.4. The van der Waals surface area contributed by atoms with Gasteiger partial charge in [-0.15, -0.1) is 0 Å². The van der Waals surface area contributed by atoms with Crippen LogP contribution in [-0.4, -0.2) is 50.7 Å². The number of likely N-dealkylation sites (tertiary alicyclic amines) is 1. The number of aromatic nitrogens is 4. The van der Waals surface area contributed by atoms with Gasteiger partial charge in [0.15, 0.2) is 0 Å². The maximum absolute atomic E-state index is 13.8. The van der Waals surface area contributed by atoms with Crippen LogP contribution in [0.1, 0.15) is 31.2 Å². The zero-order chi connectivity index (χ0) is 26.0. The van der Waals surface area contributed by atoms with E-state index in [4.69, 9.17) is 11.6 Å². The molecule has 4 aromatic rings. The van der Waals surface area contributed by atoms with E-state index >= 15 is 0 Å². The molecule has 0 unspecified atom stereocenters. The number of halogens is 5. The highest BCUT2D eigenvalue weighted by molar-refractivity contribution is 6.31. The molecule has 1 saturated heterocycles. The summed E-state index contributed by atoms with van der Waals surface area (Å²) in [5.41, 5.74) is 1.32. The average Bonchev–Trinajstić information content (AvgIpc) is 3.06. The van der Waals surface area contributed by atoms with Gasteiger partial charge in [0, 0.05) is 31.0 Å². The molecule has 1 aromatic carbocycles. The largest absolute Gasteiger partial charge is 0.417 e. The minimum Gasteiger partial charge on any atom is -0.353 e. The van der Waals surface area contributed by atoms with Crippen molar-refractivity contribution in [3.8, 4) is 22.5 Å². The first-order chi connectivity index (χ1) is 17.8. The summed E-state index contributed by atoms with van der Waals surface area (Å²) >= 11 is 6.00. The second kappa shape index (κ2) is 10.6. The van der Waals surface area contributed by atoms with Crippen molar-refractivity contribution in [1.29, 1.82) is 0 Å². The lowest BCUT2D eigenvalue weighted by atomic mass is 10.0. The number of fused-ring (bicyclic) bond motifs is 1. The monoisotopic (exact) mass is 532 g/mol. The fourth-order valence-electron chi connectivity index (χ4n) is 4.58. The normalized spacial score (nSPS) is 15.2. The number of hydrogen-bond acceptors (Lipinski definition) is 5. The second-order valence-corrected chi connectivity index (χ2v) is 9.45. The predicted molar refractivity (Wildman–Crippen MR) is 135 cm³/mol. The molecule has 1 aliphatic heterocycles. The molecule has 0 atom stereocenters. The van der Waals surface area contributed by atoms with Crippen molar-refractivity contribution in [3.63, 3.8) is 0 Å². The molecule has 194 valence electrons. The molecule has 1 fully saturated rings. The Hall–Kier alpha value is -3.24. The zero-order valence-electron chi connectivity index (χ0n) is 19.9. The molecule has 11 heteroatoms. The van der Waals surface area contributed by atoms with Gasteiger partial charge >= 0.3 is 6.18 Å². The lowest BCUT2D eigenvalue weighted by molar-refractivity contribution is -0.137. The van der Waals surface area contributed by atoms with Gasteiger partial charge in [-0.2, -0.15) is 18.3 Å². The third-order valence-corrected chi connectivity index (χ3v) is 6.76. The molecule has 3 aromatic heterocycles. The van der Waals surface area contributed by atoms with Crippen LogP contribution in [0.15, 0.2) is 48.8 Å². The van der Waals surface area contributed by atoms with E-state index in [0.29, 0.717) is 40.5 Å². The summed E-state index contributed by atoms with van der Waals surface area (Å²) < 4.78 is 55.1. The van der Waals surface area contributed by atoms with Crippen LogP contribution in [0.5, 0.6) is 0 Å². The van der Waals surface area contributed by atoms with E-state index in [1.54, 1.807) is 12.3 Å². The number of anilines is 1. The predicted octanol–water partition coefficient (Wildman–Crippen LogP) is 6.56. The van der Waals surface area contributed by atoms with Crippen molar-refractivity contribution in [3.05, 3.63) is 65.2 Å². The molecule has 0 spiro atoms. The lowest BCUT2D eigenvalue weighted by Gasteiger charge is -2.19. The maximum Gasteiger partial charge on any atom is 0.417 e. The van der Waals surface area contributed by atoms with Crippen LogP contribution < -0.4 is 5.32 Å². The smallest absolute Gasteiger partial charge is 0.353 e. The molecule has 1 N–H and O–H groups in total. The standard InChI is InChI=1S/C26H25ClF4N6/c27-19-15-17(5-7-20(19)28)24-23(22-8-6-18(26(29,30)31)16-37(22)35-24)21-9-10-32-25(34-21)33-11-14-36-12-3-1-2-4-13-36/h5-10,15-16H,1-4,11-14H2,(H,32,33,34). The minimum atomic E-state index is -4.53. The number of nitrogens with zero attached hydrogens (tertiary/aromatic N) is 5. The molecule has 0 radical (unpaired) electrons. The van der Waals surface area contributed by atoms with E-state index < -0.39 is 17.6 Å². The highest BCUT2D eigenvalue weighted by Crippen LogP contribution is 2.37. The molecular formula is C26H25ClF4N6. The zero-order valence-corrected chi connectivity index (χ0v) is 20.7. The summed E-state index contributed by atoms with van der Waals surface area (Å²) in [5.74, 6) is -0.199. The van der Waals surface area contributed by atoms with Gasteiger partial charge in [0.05, 0.1) is 27.4 Å². The summed E-state index contributed by atoms with van der Waals surface area (Å²) in [6.45, 7) is 3.68. The number of pyridine rings is 1. The molecule has 0 bridgehead atoms. The van der Waals surface area contributed by atoms with Crippen molar-refractivity contribution in [2.45, 2.75) is 31.9 Å². The van der Waals surface area contributed by atoms with Crippen LogP contribution >= 0.6 is 11.6 Å². The Balaban J connectivity index is 1.50.